The van der Waals surface area contributed by atoms with Crippen LogP contribution in [0.15, 0.2) is 30.3 Å². The van der Waals surface area contributed by atoms with E-state index in [4.69, 9.17) is 0 Å². The van der Waals surface area contributed by atoms with Gasteiger partial charge in [-0.2, -0.15) is 0 Å². The van der Waals surface area contributed by atoms with E-state index in [0.29, 0.717) is 0 Å². The zero-order valence-electron chi connectivity index (χ0n) is 12.4. The van der Waals surface area contributed by atoms with Gasteiger partial charge in [-0.05, 0) is 30.5 Å². The summed E-state index contributed by atoms with van der Waals surface area (Å²) in [5, 5.41) is 6.44. The molecule has 0 radical (unpaired) electrons. The molecule has 0 unspecified atom stereocenters. The molecule has 0 saturated heterocycles. The first-order chi connectivity index (χ1) is 9.75. The predicted octanol–water partition coefficient (Wildman–Crippen LogP) is 3.78. The molecule has 20 heavy (non-hydrogen) atoms. The Hall–Kier alpha value is -2.10. The molecule has 2 aromatic rings. The van der Waals surface area contributed by atoms with Gasteiger partial charge in [0.05, 0.1) is 0 Å². The summed E-state index contributed by atoms with van der Waals surface area (Å²) in [5.41, 5.74) is 2.37. The minimum Gasteiger partial charge on any atom is -0.373 e. The van der Waals surface area contributed by atoms with Gasteiger partial charge in [-0.1, -0.05) is 26.0 Å². The maximum Gasteiger partial charge on any atom is 0.136 e. The van der Waals surface area contributed by atoms with Crippen LogP contribution in [0.4, 0.5) is 17.3 Å². The highest BCUT2D eigenvalue weighted by atomic mass is 15.1. The van der Waals surface area contributed by atoms with E-state index in [-0.39, 0.29) is 0 Å². The molecule has 4 nitrogen and oxygen atoms in total. The summed E-state index contributed by atoms with van der Waals surface area (Å²) in [5.74, 6) is 2.55. The maximum atomic E-state index is 4.56. The van der Waals surface area contributed by atoms with Gasteiger partial charge in [0.15, 0.2) is 0 Å². The van der Waals surface area contributed by atoms with Crippen LogP contribution in [0.3, 0.4) is 0 Å². The first kappa shape index (κ1) is 14.3. The van der Waals surface area contributed by atoms with Gasteiger partial charge in [0, 0.05) is 25.2 Å². The molecule has 0 spiro atoms. The smallest absolute Gasteiger partial charge is 0.136 e. The average molecular weight is 270 g/mol. The molecule has 2 N–H and O–H groups in total. The first-order valence-electron chi connectivity index (χ1n) is 7.16. The van der Waals surface area contributed by atoms with E-state index in [1.54, 1.807) is 0 Å². The molecule has 0 aliphatic carbocycles. The van der Waals surface area contributed by atoms with Crippen molar-refractivity contribution in [3.8, 4) is 0 Å². The van der Waals surface area contributed by atoms with Crippen molar-refractivity contribution in [1.82, 2.24) is 9.97 Å². The average Bonchev–Trinajstić information content (AvgIpc) is 2.47. The normalized spacial score (nSPS) is 10.3. The number of hydrogen-bond acceptors (Lipinski definition) is 4. The molecule has 0 aliphatic heterocycles. The minimum atomic E-state index is 0.834. The molecule has 0 saturated carbocycles. The summed E-state index contributed by atoms with van der Waals surface area (Å²) >= 11 is 0. The lowest BCUT2D eigenvalue weighted by molar-refractivity contribution is 0.838. The Morgan fingerprint density at radius 1 is 1.05 bits per heavy atom. The molecule has 1 aromatic carbocycles. The number of anilines is 3. The van der Waals surface area contributed by atoms with Crippen molar-refractivity contribution in [3.63, 3.8) is 0 Å². The van der Waals surface area contributed by atoms with Crippen LogP contribution >= 0.6 is 0 Å². The fourth-order valence-electron chi connectivity index (χ4n) is 2.04. The zero-order valence-corrected chi connectivity index (χ0v) is 12.4. The second-order valence-electron chi connectivity index (χ2n) is 4.73. The third kappa shape index (κ3) is 3.70. The van der Waals surface area contributed by atoms with Crippen molar-refractivity contribution >= 4 is 17.3 Å². The van der Waals surface area contributed by atoms with E-state index in [1.165, 1.54) is 5.56 Å². The second-order valence-corrected chi connectivity index (χ2v) is 4.73. The summed E-state index contributed by atoms with van der Waals surface area (Å²) in [7, 11) is 1.87. The van der Waals surface area contributed by atoms with Gasteiger partial charge >= 0.3 is 0 Å². The lowest BCUT2D eigenvalue weighted by Crippen LogP contribution is -2.04. The molecule has 0 fully saturated rings. The van der Waals surface area contributed by atoms with Crippen LogP contribution < -0.4 is 10.6 Å². The number of aromatic nitrogens is 2. The van der Waals surface area contributed by atoms with Crippen LogP contribution in [0.2, 0.25) is 0 Å². The molecule has 0 aliphatic rings. The van der Waals surface area contributed by atoms with Gasteiger partial charge in [0.2, 0.25) is 0 Å². The molecule has 0 bridgehead atoms. The quantitative estimate of drug-likeness (QED) is 0.838. The van der Waals surface area contributed by atoms with Crippen LogP contribution in [-0.2, 0) is 12.8 Å². The molecule has 1 heterocycles. The minimum absolute atomic E-state index is 0.834. The zero-order chi connectivity index (χ0) is 14.4. The van der Waals surface area contributed by atoms with Crippen LogP contribution in [0.1, 0.15) is 31.7 Å². The summed E-state index contributed by atoms with van der Waals surface area (Å²) < 4.78 is 0. The highest BCUT2D eigenvalue weighted by Gasteiger charge is 2.04. The van der Waals surface area contributed by atoms with E-state index in [2.05, 4.69) is 58.7 Å². The van der Waals surface area contributed by atoms with Crippen LogP contribution in [0.25, 0.3) is 0 Å². The Morgan fingerprint density at radius 2 is 1.85 bits per heavy atom. The topological polar surface area (TPSA) is 49.8 Å². The predicted molar refractivity (Wildman–Crippen MR) is 84.7 cm³/mol. The summed E-state index contributed by atoms with van der Waals surface area (Å²) in [6.07, 6.45) is 2.96. The summed E-state index contributed by atoms with van der Waals surface area (Å²) in [6.45, 7) is 4.29. The second kappa shape index (κ2) is 6.89. The third-order valence-corrected chi connectivity index (χ3v) is 3.11. The van der Waals surface area contributed by atoms with Gasteiger partial charge in [0.1, 0.15) is 17.5 Å². The fraction of sp³-hybridized carbons (Fsp3) is 0.375. The number of nitrogens with zero attached hydrogens (tertiary/aromatic N) is 2. The van der Waals surface area contributed by atoms with Gasteiger partial charge in [-0.25, -0.2) is 9.97 Å². The van der Waals surface area contributed by atoms with Crippen molar-refractivity contribution in [2.24, 2.45) is 0 Å². The molecular weight excluding hydrogens is 248 g/mol. The maximum absolute atomic E-state index is 4.56. The molecule has 4 heteroatoms. The summed E-state index contributed by atoms with van der Waals surface area (Å²) in [6, 6.07) is 10.3. The van der Waals surface area contributed by atoms with Crippen LogP contribution in [-0.4, -0.2) is 17.0 Å². The SMILES string of the molecule is CCCc1nc(NC)cc(Nc2cccc(CC)c2)n1. The van der Waals surface area contributed by atoms with E-state index in [1.807, 2.05) is 13.1 Å². The Balaban J connectivity index is 2.24. The van der Waals surface area contributed by atoms with Crippen molar-refractivity contribution in [1.29, 1.82) is 0 Å². The molecule has 0 amide bonds. The third-order valence-electron chi connectivity index (χ3n) is 3.11. The standard InChI is InChI=1S/C16H22N4/c1-4-7-14-19-15(17-3)11-16(20-14)18-13-9-6-8-12(5-2)10-13/h6,8-11H,4-5,7H2,1-3H3,(H2,17,18,19,20). The highest BCUT2D eigenvalue weighted by molar-refractivity contribution is 5.59. The van der Waals surface area contributed by atoms with Crippen LogP contribution in [0, 0.1) is 0 Å². The highest BCUT2D eigenvalue weighted by Crippen LogP contribution is 2.19. The molecule has 106 valence electrons. The van der Waals surface area contributed by atoms with E-state index >= 15 is 0 Å². The number of benzene rings is 1. The van der Waals surface area contributed by atoms with Crippen molar-refractivity contribution in [2.45, 2.75) is 33.1 Å². The molecular formula is C16H22N4. The number of aryl methyl sites for hydroxylation is 2. The van der Waals surface area contributed by atoms with Crippen molar-refractivity contribution in [3.05, 3.63) is 41.7 Å². The Bertz CT molecular complexity index is 566. The fourth-order valence-corrected chi connectivity index (χ4v) is 2.04. The number of nitrogens with one attached hydrogen (secondary N) is 2. The lowest BCUT2D eigenvalue weighted by atomic mass is 10.1. The van der Waals surface area contributed by atoms with Gasteiger partial charge in [0.25, 0.3) is 0 Å². The first-order valence-corrected chi connectivity index (χ1v) is 7.16. The van der Waals surface area contributed by atoms with Gasteiger partial charge < -0.3 is 10.6 Å². The Kier molecular flexibility index (Phi) is 4.93. The summed E-state index contributed by atoms with van der Waals surface area (Å²) in [4.78, 5) is 9.01. The number of rotatable bonds is 6. The van der Waals surface area contributed by atoms with Crippen LogP contribution in [0.5, 0.6) is 0 Å². The van der Waals surface area contributed by atoms with Gasteiger partial charge in [-0.15, -0.1) is 0 Å². The van der Waals surface area contributed by atoms with Crippen molar-refractivity contribution in [2.75, 3.05) is 17.7 Å². The van der Waals surface area contributed by atoms with Gasteiger partial charge in [-0.3, -0.25) is 0 Å². The largest absolute Gasteiger partial charge is 0.373 e. The monoisotopic (exact) mass is 270 g/mol. The number of hydrogen-bond donors (Lipinski definition) is 2. The lowest BCUT2D eigenvalue weighted by Gasteiger charge is -2.10. The van der Waals surface area contributed by atoms with E-state index in [9.17, 15) is 0 Å². The molecule has 0 atom stereocenters. The molecule has 1 aromatic heterocycles. The Labute approximate surface area is 120 Å². The van der Waals surface area contributed by atoms with Crippen molar-refractivity contribution < 1.29 is 0 Å². The Morgan fingerprint density at radius 3 is 2.55 bits per heavy atom. The van der Waals surface area contributed by atoms with E-state index in [0.717, 1.165) is 42.4 Å². The van der Waals surface area contributed by atoms with E-state index < -0.39 is 0 Å². The molecule has 2 rings (SSSR count).